The zero-order chi connectivity index (χ0) is 13.8. The second kappa shape index (κ2) is 6.02. The number of rotatable bonds is 2. The van der Waals surface area contributed by atoms with Crippen LogP contribution in [-0.2, 0) is 0 Å². The number of likely N-dealkylation sites (tertiary alicyclic amines) is 1. The molecule has 1 saturated heterocycles. The van der Waals surface area contributed by atoms with E-state index < -0.39 is 0 Å². The molecule has 1 aromatic rings. The highest BCUT2D eigenvalue weighted by atomic mass is 32.1. The summed E-state index contributed by atoms with van der Waals surface area (Å²) in [6, 6.07) is 7.29. The number of nitrogens with one attached hydrogen (secondary N) is 1. The van der Waals surface area contributed by atoms with E-state index in [0.717, 1.165) is 31.6 Å². The number of anilines is 1. The van der Waals surface area contributed by atoms with E-state index in [1.807, 2.05) is 23.1 Å². The van der Waals surface area contributed by atoms with Gasteiger partial charge in [-0.1, -0.05) is 13.0 Å². The van der Waals surface area contributed by atoms with Crippen molar-refractivity contribution in [3.63, 3.8) is 0 Å². The lowest BCUT2D eigenvalue weighted by molar-refractivity contribution is 0.0697. The SMILES string of the molecule is CC1CCN(C(=O)c2cccc(NC(N)=S)c2)CC1. The van der Waals surface area contributed by atoms with Gasteiger partial charge >= 0.3 is 0 Å². The normalized spacial score (nSPS) is 16.2. The van der Waals surface area contributed by atoms with Crippen molar-refractivity contribution in [3.05, 3.63) is 29.8 Å². The Balaban J connectivity index is 2.08. The van der Waals surface area contributed by atoms with Crippen LogP contribution in [0.5, 0.6) is 0 Å². The molecule has 1 heterocycles. The lowest BCUT2D eigenvalue weighted by Crippen LogP contribution is -2.37. The molecule has 4 nitrogen and oxygen atoms in total. The molecule has 5 heteroatoms. The van der Waals surface area contributed by atoms with Gasteiger partial charge in [0, 0.05) is 24.3 Å². The second-order valence-corrected chi connectivity index (χ2v) is 5.48. The van der Waals surface area contributed by atoms with Gasteiger partial charge in [-0.2, -0.15) is 0 Å². The minimum Gasteiger partial charge on any atom is -0.376 e. The summed E-state index contributed by atoms with van der Waals surface area (Å²) >= 11 is 4.80. The standard InChI is InChI=1S/C14H19N3OS/c1-10-5-7-17(8-6-10)13(18)11-3-2-4-12(9-11)16-14(15)19/h2-4,9-10H,5-8H2,1H3,(H3,15,16,19). The molecule has 0 radical (unpaired) electrons. The molecule has 0 aliphatic carbocycles. The van der Waals surface area contributed by atoms with Crippen molar-refractivity contribution in [3.8, 4) is 0 Å². The number of amides is 1. The van der Waals surface area contributed by atoms with E-state index in [0.29, 0.717) is 11.5 Å². The zero-order valence-electron chi connectivity index (χ0n) is 11.1. The van der Waals surface area contributed by atoms with Crippen LogP contribution in [0.4, 0.5) is 5.69 Å². The van der Waals surface area contributed by atoms with Crippen molar-refractivity contribution < 1.29 is 4.79 Å². The first-order chi connectivity index (χ1) is 9.06. The Morgan fingerprint density at radius 3 is 2.74 bits per heavy atom. The fraction of sp³-hybridized carbons (Fsp3) is 0.429. The molecule has 1 aliphatic rings. The highest BCUT2D eigenvalue weighted by molar-refractivity contribution is 7.80. The summed E-state index contributed by atoms with van der Waals surface area (Å²) in [5.74, 6) is 0.796. The van der Waals surface area contributed by atoms with Crippen LogP contribution in [0.25, 0.3) is 0 Å². The van der Waals surface area contributed by atoms with Crippen molar-refractivity contribution in [2.45, 2.75) is 19.8 Å². The highest BCUT2D eigenvalue weighted by Gasteiger charge is 2.21. The topological polar surface area (TPSA) is 58.4 Å². The van der Waals surface area contributed by atoms with Crippen molar-refractivity contribution in [2.24, 2.45) is 11.7 Å². The van der Waals surface area contributed by atoms with Crippen LogP contribution in [0.3, 0.4) is 0 Å². The second-order valence-electron chi connectivity index (χ2n) is 5.04. The molecule has 1 aliphatic heterocycles. The van der Waals surface area contributed by atoms with Gasteiger partial charge in [0.05, 0.1) is 0 Å². The number of nitrogens with two attached hydrogens (primary N) is 1. The summed E-state index contributed by atoms with van der Waals surface area (Å²) in [6.07, 6.45) is 2.16. The predicted octanol–water partition coefficient (Wildman–Crippen LogP) is 2.21. The van der Waals surface area contributed by atoms with Gasteiger partial charge in [0.25, 0.3) is 5.91 Å². The molecule has 0 unspecified atom stereocenters. The molecular weight excluding hydrogens is 258 g/mol. The zero-order valence-corrected chi connectivity index (χ0v) is 11.9. The number of nitrogens with zero attached hydrogens (tertiary/aromatic N) is 1. The number of benzene rings is 1. The predicted molar refractivity (Wildman–Crippen MR) is 81.2 cm³/mol. The van der Waals surface area contributed by atoms with Gasteiger partial charge in [-0.15, -0.1) is 0 Å². The van der Waals surface area contributed by atoms with E-state index >= 15 is 0 Å². The summed E-state index contributed by atoms with van der Waals surface area (Å²) in [7, 11) is 0. The molecular formula is C14H19N3OS. The van der Waals surface area contributed by atoms with Crippen LogP contribution in [-0.4, -0.2) is 29.0 Å². The third-order valence-corrected chi connectivity index (χ3v) is 3.55. The van der Waals surface area contributed by atoms with E-state index in [1.165, 1.54) is 0 Å². The van der Waals surface area contributed by atoms with E-state index in [2.05, 4.69) is 12.2 Å². The first-order valence-corrected chi connectivity index (χ1v) is 6.93. The molecule has 0 aromatic heterocycles. The van der Waals surface area contributed by atoms with Crippen LogP contribution in [0.15, 0.2) is 24.3 Å². The minimum absolute atomic E-state index is 0.0819. The first-order valence-electron chi connectivity index (χ1n) is 6.52. The Morgan fingerprint density at radius 2 is 2.11 bits per heavy atom. The molecule has 0 bridgehead atoms. The fourth-order valence-corrected chi connectivity index (χ4v) is 2.38. The third kappa shape index (κ3) is 3.67. The number of hydrogen-bond acceptors (Lipinski definition) is 2. The van der Waals surface area contributed by atoms with Crippen molar-refractivity contribution in [2.75, 3.05) is 18.4 Å². The number of piperidine rings is 1. The summed E-state index contributed by atoms with van der Waals surface area (Å²) in [5, 5.41) is 3.05. The summed E-state index contributed by atoms with van der Waals surface area (Å²) in [6.45, 7) is 3.91. The molecule has 0 saturated carbocycles. The minimum atomic E-state index is 0.0819. The van der Waals surface area contributed by atoms with Gasteiger partial charge in [0.15, 0.2) is 5.11 Å². The van der Waals surface area contributed by atoms with E-state index in [9.17, 15) is 4.79 Å². The van der Waals surface area contributed by atoms with Crippen LogP contribution in [0.1, 0.15) is 30.1 Å². The lowest BCUT2D eigenvalue weighted by atomic mass is 9.98. The van der Waals surface area contributed by atoms with Gasteiger partial charge in [0.2, 0.25) is 0 Å². The Kier molecular flexibility index (Phi) is 4.37. The maximum atomic E-state index is 12.4. The Hall–Kier alpha value is -1.62. The average molecular weight is 277 g/mol. The lowest BCUT2D eigenvalue weighted by Gasteiger charge is -2.30. The first kappa shape index (κ1) is 13.8. The molecule has 2 rings (SSSR count). The number of carbonyl (C=O) groups excluding carboxylic acids is 1. The van der Waals surface area contributed by atoms with E-state index in [4.69, 9.17) is 18.0 Å². The summed E-state index contributed by atoms with van der Waals surface area (Å²) in [4.78, 5) is 14.3. The van der Waals surface area contributed by atoms with Crippen LogP contribution < -0.4 is 11.1 Å². The number of hydrogen-bond donors (Lipinski definition) is 2. The number of thiocarbonyl (C=S) groups is 1. The monoisotopic (exact) mass is 277 g/mol. The van der Waals surface area contributed by atoms with Gasteiger partial charge < -0.3 is 16.0 Å². The van der Waals surface area contributed by atoms with Gasteiger partial charge in [-0.25, -0.2) is 0 Å². The molecule has 0 atom stereocenters. The highest BCUT2D eigenvalue weighted by Crippen LogP contribution is 2.19. The Morgan fingerprint density at radius 1 is 1.42 bits per heavy atom. The van der Waals surface area contributed by atoms with E-state index in [-0.39, 0.29) is 11.0 Å². The molecule has 102 valence electrons. The maximum absolute atomic E-state index is 12.4. The van der Waals surface area contributed by atoms with E-state index in [1.54, 1.807) is 6.07 Å². The maximum Gasteiger partial charge on any atom is 0.253 e. The molecule has 3 N–H and O–H groups in total. The van der Waals surface area contributed by atoms with Gasteiger partial charge in [-0.05, 0) is 49.2 Å². The van der Waals surface area contributed by atoms with Gasteiger partial charge in [0.1, 0.15) is 0 Å². The van der Waals surface area contributed by atoms with Crippen LogP contribution >= 0.6 is 12.2 Å². The molecule has 19 heavy (non-hydrogen) atoms. The van der Waals surface area contributed by atoms with Gasteiger partial charge in [-0.3, -0.25) is 4.79 Å². The summed E-state index contributed by atoms with van der Waals surface area (Å²) in [5.41, 5.74) is 6.86. The summed E-state index contributed by atoms with van der Waals surface area (Å²) < 4.78 is 0. The van der Waals surface area contributed by atoms with Crippen LogP contribution in [0.2, 0.25) is 0 Å². The molecule has 0 spiro atoms. The Labute approximate surface area is 119 Å². The van der Waals surface area contributed by atoms with Crippen molar-refractivity contribution in [1.29, 1.82) is 0 Å². The average Bonchev–Trinajstić information content (AvgIpc) is 2.38. The van der Waals surface area contributed by atoms with Crippen LogP contribution in [0, 0.1) is 5.92 Å². The van der Waals surface area contributed by atoms with Crippen molar-refractivity contribution in [1.82, 2.24) is 4.90 Å². The quantitative estimate of drug-likeness (QED) is 0.814. The number of carbonyl (C=O) groups is 1. The smallest absolute Gasteiger partial charge is 0.253 e. The third-order valence-electron chi connectivity index (χ3n) is 3.45. The largest absolute Gasteiger partial charge is 0.376 e. The Bertz CT molecular complexity index is 481. The molecule has 1 fully saturated rings. The van der Waals surface area contributed by atoms with Crippen molar-refractivity contribution >= 4 is 28.9 Å². The molecule has 1 amide bonds. The fourth-order valence-electron chi connectivity index (χ4n) is 2.27. The molecule has 1 aromatic carbocycles.